The molecule has 0 saturated carbocycles. The summed E-state index contributed by atoms with van der Waals surface area (Å²) in [5, 5.41) is 2.58. The number of carbonyl (C=O) groups excluding carboxylic acids is 1. The Morgan fingerprint density at radius 1 is 1.62 bits per heavy atom. The van der Waals surface area contributed by atoms with Crippen molar-refractivity contribution in [3.63, 3.8) is 0 Å². The number of hydrogen-bond donors (Lipinski definition) is 2. The van der Waals surface area contributed by atoms with Crippen molar-refractivity contribution in [2.24, 2.45) is 10.7 Å². The van der Waals surface area contributed by atoms with Crippen LogP contribution >= 0.6 is 0 Å². The third-order valence-corrected chi connectivity index (χ3v) is 0.911. The van der Waals surface area contributed by atoms with Gasteiger partial charge in [0, 0.05) is 6.54 Å². The minimum Gasteiger partial charge on any atom is -0.442 e. The van der Waals surface area contributed by atoms with E-state index in [4.69, 9.17) is 10.5 Å². The second-order valence-electron chi connectivity index (χ2n) is 3.40. The molecular formula is C8H16N3O2. The van der Waals surface area contributed by atoms with Gasteiger partial charge < -0.3 is 15.8 Å². The summed E-state index contributed by atoms with van der Waals surface area (Å²) in [7, 11) is 0. The number of nitrogens with zero attached hydrogens (tertiary/aromatic N) is 1. The lowest BCUT2D eigenvalue weighted by molar-refractivity contribution is 0.0603. The second-order valence-corrected chi connectivity index (χ2v) is 3.40. The average molecular weight is 186 g/mol. The molecule has 75 valence electrons. The van der Waals surface area contributed by atoms with E-state index in [0.717, 1.165) is 0 Å². The molecule has 0 atom stereocenters. The van der Waals surface area contributed by atoms with Crippen LogP contribution in [0.1, 0.15) is 20.8 Å². The SMILES string of the molecule is [CH2]CNC(N)=NC(=O)OC(C)(C)C. The zero-order valence-corrected chi connectivity index (χ0v) is 8.26. The van der Waals surface area contributed by atoms with Crippen molar-refractivity contribution >= 4 is 12.1 Å². The van der Waals surface area contributed by atoms with Crippen molar-refractivity contribution in [2.75, 3.05) is 6.54 Å². The van der Waals surface area contributed by atoms with E-state index < -0.39 is 11.7 Å². The lowest BCUT2D eigenvalue weighted by atomic mass is 10.2. The molecule has 0 rings (SSSR count). The van der Waals surface area contributed by atoms with Gasteiger partial charge in [-0.3, -0.25) is 0 Å². The van der Waals surface area contributed by atoms with Gasteiger partial charge in [-0.15, -0.1) is 4.99 Å². The topological polar surface area (TPSA) is 76.7 Å². The molecule has 0 bridgehead atoms. The summed E-state index contributed by atoms with van der Waals surface area (Å²) in [5.41, 5.74) is 4.75. The van der Waals surface area contributed by atoms with Gasteiger partial charge in [-0.2, -0.15) is 0 Å². The Balaban J connectivity index is 4.07. The molecule has 1 radical (unpaired) electrons. The summed E-state index contributed by atoms with van der Waals surface area (Å²) in [6, 6.07) is 0. The van der Waals surface area contributed by atoms with Gasteiger partial charge in [-0.05, 0) is 27.7 Å². The van der Waals surface area contributed by atoms with Crippen LogP contribution < -0.4 is 11.1 Å². The van der Waals surface area contributed by atoms with E-state index in [2.05, 4.69) is 17.2 Å². The smallest absolute Gasteiger partial charge is 0.437 e. The first-order valence-corrected chi connectivity index (χ1v) is 3.95. The molecule has 0 saturated heterocycles. The van der Waals surface area contributed by atoms with Crippen LogP contribution in [0.2, 0.25) is 0 Å². The van der Waals surface area contributed by atoms with Crippen molar-refractivity contribution < 1.29 is 9.53 Å². The fraction of sp³-hybridized carbons (Fsp3) is 0.625. The van der Waals surface area contributed by atoms with Gasteiger partial charge in [-0.1, -0.05) is 0 Å². The van der Waals surface area contributed by atoms with Crippen LogP contribution in [0.3, 0.4) is 0 Å². The quantitative estimate of drug-likeness (QED) is 0.466. The fourth-order valence-electron chi connectivity index (χ4n) is 0.551. The van der Waals surface area contributed by atoms with Crippen LogP contribution in [-0.2, 0) is 4.74 Å². The third-order valence-electron chi connectivity index (χ3n) is 0.911. The highest BCUT2D eigenvalue weighted by Gasteiger charge is 2.15. The Morgan fingerprint density at radius 2 is 2.15 bits per heavy atom. The molecule has 5 nitrogen and oxygen atoms in total. The molecule has 0 spiro atoms. The van der Waals surface area contributed by atoms with Crippen LogP contribution in [-0.4, -0.2) is 24.2 Å². The van der Waals surface area contributed by atoms with Crippen LogP contribution in [0.5, 0.6) is 0 Å². The molecule has 0 aliphatic carbocycles. The summed E-state index contributed by atoms with van der Waals surface area (Å²) in [6.07, 6.45) is -0.703. The molecule has 1 amide bonds. The highest BCUT2D eigenvalue weighted by molar-refractivity contribution is 5.89. The first kappa shape index (κ1) is 11.7. The van der Waals surface area contributed by atoms with E-state index in [1.807, 2.05) is 0 Å². The maximum atomic E-state index is 11.0. The molecule has 0 aromatic heterocycles. The number of hydrogen-bond acceptors (Lipinski definition) is 2. The highest BCUT2D eigenvalue weighted by Crippen LogP contribution is 2.07. The van der Waals surface area contributed by atoms with Gasteiger partial charge in [0.25, 0.3) is 0 Å². The molecule has 0 aromatic rings. The maximum Gasteiger partial charge on any atom is 0.437 e. The van der Waals surface area contributed by atoms with Gasteiger partial charge in [-0.25, -0.2) is 4.79 Å². The average Bonchev–Trinajstić information content (AvgIpc) is 1.81. The summed E-state index contributed by atoms with van der Waals surface area (Å²) in [4.78, 5) is 14.4. The predicted octanol–water partition coefficient (Wildman–Crippen LogP) is 0.660. The van der Waals surface area contributed by atoms with Crippen molar-refractivity contribution in [1.82, 2.24) is 5.32 Å². The molecule has 0 aromatic carbocycles. The molecule has 5 heteroatoms. The third kappa shape index (κ3) is 7.11. The van der Waals surface area contributed by atoms with Gasteiger partial charge in [0.05, 0.1) is 0 Å². The Bertz CT molecular complexity index is 206. The van der Waals surface area contributed by atoms with Crippen molar-refractivity contribution in [3.8, 4) is 0 Å². The molecule has 3 N–H and O–H groups in total. The zero-order chi connectivity index (χ0) is 10.5. The lowest BCUT2D eigenvalue weighted by Crippen LogP contribution is -2.33. The number of rotatable bonds is 1. The summed E-state index contributed by atoms with van der Waals surface area (Å²) in [6.45, 7) is 9.12. The molecule has 0 aliphatic heterocycles. The number of nitrogens with two attached hydrogens (primary N) is 1. The Kier molecular flexibility index (Phi) is 4.23. The summed E-state index contributed by atoms with van der Waals surface area (Å²) >= 11 is 0. The summed E-state index contributed by atoms with van der Waals surface area (Å²) < 4.78 is 4.89. The normalized spacial score (nSPS) is 12.5. The number of ether oxygens (including phenoxy) is 1. The molecular weight excluding hydrogens is 170 g/mol. The number of amides is 1. The van der Waals surface area contributed by atoms with Crippen LogP contribution in [0.25, 0.3) is 0 Å². The Hall–Kier alpha value is -1.26. The number of guanidine groups is 1. The predicted molar refractivity (Wildman–Crippen MR) is 51.2 cm³/mol. The second kappa shape index (κ2) is 4.69. The monoisotopic (exact) mass is 186 g/mol. The Morgan fingerprint density at radius 3 is 2.54 bits per heavy atom. The minimum absolute atomic E-state index is 0.0178. The molecule has 0 fully saturated rings. The first-order valence-electron chi connectivity index (χ1n) is 3.95. The number of nitrogens with one attached hydrogen (secondary N) is 1. The fourth-order valence-corrected chi connectivity index (χ4v) is 0.551. The van der Waals surface area contributed by atoms with Gasteiger partial charge in [0.1, 0.15) is 5.60 Å². The number of aliphatic imine (C=N–C) groups is 1. The highest BCUT2D eigenvalue weighted by atomic mass is 16.6. The molecule has 0 unspecified atom stereocenters. The van der Waals surface area contributed by atoms with Crippen molar-refractivity contribution in [2.45, 2.75) is 26.4 Å². The van der Waals surface area contributed by atoms with Gasteiger partial charge in [0.15, 0.2) is 5.96 Å². The van der Waals surface area contributed by atoms with Crippen LogP contribution in [0, 0.1) is 6.92 Å². The molecule has 0 aliphatic rings. The minimum atomic E-state index is -0.703. The first-order chi connectivity index (χ1) is 5.85. The zero-order valence-electron chi connectivity index (χ0n) is 8.26. The van der Waals surface area contributed by atoms with E-state index in [9.17, 15) is 4.79 Å². The largest absolute Gasteiger partial charge is 0.442 e. The Labute approximate surface area is 78.4 Å². The van der Waals surface area contributed by atoms with Gasteiger partial charge in [0.2, 0.25) is 0 Å². The standard InChI is InChI=1S/C8H16N3O2/c1-5-10-6(9)11-7(12)13-8(2,3)4/h1,5H2,2-4H3,(H3,9,10,11,12). The van der Waals surface area contributed by atoms with Crippen LogP contribution in [0.15, 0.2) is 4.99 Å². The van der Waals surface area contributed by atoms with Crippen LogP contribution in [0.4, 0.5) is 4.79 Å². The van der Waals surface area contributed by atoms with Crippen molar-refractivity contribution in [3.05, 3.63) is 6.92 Å². The van der Waals surface area contributed by atoms with E-state index in [-0.39, 0.29) is 5.96 Å². The lowest BCUT2D eigenvalue weighted by Gasteiger charge is -2.17. The van der Waals surface area contributed by atoms with E-state index in [1.165, 1.54) is 0 Å². The molecule has 0 heterocycles. The number of carbonyl (C=O) groups is 1. The van der Waals surface area contributed by atoms with E-state index >= 15 is 0 Å². The maximum absolute atomic E-state index is 11.0. The van der Waals surface area contributed by atoms with Gasteiger partial charge >= 0.3 is 6.09 Å². The molecule has 13 heavy (non-hydrogen) atoms. The van der Waals surface area contributed by atoms with E-state index in [0.29, 0.717) is 6.54 Å². The van der Waals surface area contributed by atoms with E-state index in [1.54, 1.807) is 20.8 Å². The van der Waals surface area contributed by atoms with Crippen molar-refractivity contribution in [1.29, 1.82) is 0 Å². The summed E-state index contributed by atoms with van der Waals surface area (Å²) in [5.74, 6) is 0.0178.